The van der Waals surface area contributed by atoms with Crippen molar-refractivity contribution < 1.29 is 19.5 Å². The van der Waals surface area contributed by atoms with Crippen LogP contribution in [0.1, 0.15) is 0 Å². The molecule has 0 aromatic rings. The van der Waals surface area contributed by atoms with Crippen molar-refractivity contribution in [3.05, 3.63) is 0 Å². The third kappa shape index (κ3) is 94.5. The molecule has 0 aliphatic carbocycles. The molecular formula is H12AlCaMgNaO4Si. The molecule has 0 fully saturated rings. The van der Waals surface area contributed by atoms with Gasteiger partial charge in [0.05, 0.1) is 0 Å². The molecule has 4 N–H and O–H groups in total. The van der Waals surface area contributed by atoms with Crippen LogP contribution in [0.25, 0.3) is 0 Å². The first-order chi connectivity index (χ1) is 1.73. The second kappa shape index (κ2) is 30.4. The molecule has 4 nitrogen and oxygen atoms in total. The molecule has 0 aliphatic rings. The predicted octanol–water partition coefficient (Wildman–Crippen LogP) is -6.10. The van der Waals surface area contributed by atoms with Gasteiger partial charge in [0.2, 0.25) is 0 Å². The Morgan fingerprint density at radius 2 is 1.22 bits per heavy atom. The Balaban J connectivity index is -0.00000000450. The SMILES string of the molecule is O.O=[Si](O)O.[AlH3].[CaH2].[MgH2].[NaH]. The van der Waals surface area contributed by atoms with Crippen LogP contribution >= 0.6 is 0 Å². The van der Waals surface area contributed by atoms with Crippen LogP contribution in [-0.4, -0.2) is 132 Å². The first kappa shape index (κ1) is 40.0. The Hall–Kier alpha value is 3.14. The van der Waals surface area contributed by atoms with Gasteiger partial charge in [0.1, 0.15) is 0 Å². The third-order valence-corrected chi connectivity index (χ3v) is 0. The standard InChI is InChI=1S/Al.Ca.Mg.Na.H2O3Si.H2O.8H/c;;;;1-4(2)3;;;;;;;;;/h;;;;1-2H;1H2;;;;;;;;. The van der Waals surface area contributed by atoms with E-state index in [0.29, 0.717) is 0 Å². The van der Waals surface area contributed by atoms with Gasteiger partial charge < -0.3 is 15.1 Å². The maximum atomic E-state index is 8.74. The Bertz CT molecular complexity index is 43.5. The van der Waals surface area contributed by atoms with Crippen LogP contribution in [0, 0.1) is 0 Å². The molecule has 0 aliphatic heterocycles. The summed E-state index contributed by atoms with van der Waals surface area (Å²) in [5, 5.41) is 0. The van der Waals surface area contributed by atoms with Crippen LogP contribution in [0.2, 0.25) is 0 Å². The minimum absolute atomic E-state index is 0. The molecule has 0 aromatic heterocycles. The van der Waals surface area contributed by atoms with Gasteiger partial charge in [-0.1, -0.05) is 0 Å². The van der Waals surface area contributed by atoms with Gasteiger partial charge in [0.25, 0.3) is 0 Å². The maximum absolute atomic E-state index is 8.74. The van der Waals surface area contributed by atoms with E-state index in [2.05, 4.69) is 0 Å². The summed E-state index contributed by atoms with van der Waals surface area (Å²) in [6, 6.07) is 0. The van der Waals surface area contributed by atoms with Gasteiger partial charge in [-0.25, -0.2) is 0 Å². The van der Waals surface area contributed by atoms with Crippen molar-refractivity contribution in [3.8, 4) is 0 Å². The van der Waals surface area contributed by atoms with Crippen molar-refractivity contribution in [2.45, 2.75) is 0 Å². The van der Waals surface area contributed by atoms with E-state index in [1.54, 1.807) is 0 Å². The fourth-order valence-corrected chi connectivity index (χ4v) is 0. The van der Waals surface area contributed by atoms with Gasteiger partial charge in [0, 0.05) is 0 Å². The summed E-state index contributed by atoms with van der Waals surface area (Å²) in [7, 11) is -3.13. The first-order valence-electron chi connectivity index (χ1n) is 0.651. The quantitative estimate of drug-likeness (QED) is 0.397. The fourth-order valence-electron chi connectivity index (χ4n) is 0. The molecular weight excluding hydrogens is 206 g/mol. The number of hydrogen-bond donors (Lipinski definition) is 2. The second-order valence-corrected chi connectivity index (χ2v) is 0.848. The molecule has 48 valence electrons. The minimum atomic E-state index is -3.13. The Morgan fingerprint density at radius 1 is 1.22 bits per heavy atom. The van der Waals surface area contributed by atoms with E-state index in [1.165, 1.54) is 0 Å². The Kier molecular flexibility index (Phi) is 135. The third-order valence-electron chi connectivity index (χ3n) is 0. The molecule has 0 rings (SSSR count). The summed E-state index contributed by atoms with van der Waals surface area (Å²) in [6.45, 7) is 0. The van der Waals surface area contributed by atoms with Crippen molar-refractivity contribution in [1.82, 2.24) is 0 Å². The molecule has 0 saturated carbocycles. The monoisotopic (exact) mass is 218 g/mol. The molecule has 0 bridgehead atoms. The van der Waals surface area contributed by atoms with Crippen molar-refractivity contribution in [1.29, 1.82) is 0 Å². The van der Waals surface area contributed by atoms with Gasteiger partial charge in [-0.15, -0.1) is 0 Å². The van der Waals surface area contributed by atoms with Crippen LogP contribution in [0.15, 0.2) is 0 Å². The summed E-state index contributed by atoms with van der Waals surface area (Å²) in [4.78, 5) is 14.3. The molecule has 9 heteroatoms. The van der Waals surface area contributed by atoms with Gasteiger partial charge in [-0.3, -0.25) is 4.46 Å². The summed E-state index contributed by atoms with van der Waals surface area (Å²) < 4.78 is 8.74. The normalized spacial score (nSPS) is 2.67. The average Bonchev–Trinajstić information content (AvgIpc) is 0.811. The van der Waals surface area contributed by atoms with Crippen LogP contribution in [0.3, 0.4) is 0 Å². The van der Waals surface area contributed by atoms with E-state index in [-0.39, 0.29) is 113 Å². The molecule has 0 unspecified atom stereocenters. The van der Waals surface area contributed by atoms with E-state index >= 15 is 0 Å². The Labute approximate surface area is 134 Å². The zero-order chi connectivity index (χ0) is 3.58. The molecule has 0 radical (unpaired) electrons. The second-order valence-electron chi connectivity index (χ2n) is 0.283. The van der Waals surface area contributed by atoms with Crippen molar-refractivity contribution in [2.75, 3.05) is 0 Å². The van der Waals surface area contributed by atoms with Gasteiger partial charge in [-0.2, -0.15) is 0 Å². The van der Waals surface area contributed by atoms with Crippen LogP contribution in [-0.2, 0) is 4.46 Å². The van der Waals surface area contributed by atoms with E-state index < -0.39 is 9.17 Å². The fraction of sp³-hybridized carbons (Fsp3) is 0. The number of hydrogen-bond acceptors (Lipinski definition) is 1. The predicted molar refractivity (Wildman–Crippen MR) is 48.7 cm³/mol. The van der Waals surface area contributed by atoms with E-state index in [1.807, 2.05) is 0 Å². The molecule has 0 atom stereocenters. The van der Waals surface area contributed by atoms with Crippen molar-refractivity contribution >= 4 is 117 Å². The average molecular weight is 219 g/mol. The molecule has 0 amide bonds. The molecule has 9 heavy (non-hydrogen) atoms. The summed E-state index contributed by atoms with van der Waals surface area (Å²) in [6.07, 6.45) is 0. The molecule has 0 aromatic carbocycles. The first-order valence-corrected chi connectivity index (χ1v) is 1.95. The summed E-state index contributed by atoms with van der Waals surface area (Å²) in [5.41, 5.74) is 0. The zero-order valence-electron chi connectivity index (χ0n) is 2.30. The molecule has 0 saturated heterocycles. The molecule has 0 heterocycles. The van der Waals surface area contributed by atoms with Crippen LogP contribution in [0.5, 0.6) is 0 Å². The van der Waals surface area contributed by atoms with E-state index in [9.17, 15) is 0 Å². The van der Waals surface area contributed by atoms with Gasteiger partial charge >= 0.3 is 99.5 Å². The van der Waals surface area contributed by atoms with Crippen LogP contribution < -0.4 is 0 Å². The van der Waals surface area contributed by atoms with Crippen molar-refractivity contribution in [3.63, 3.8) is 0 Å². The van der Waals surface area contributed by atoms with Crippen molar-refractivity contribution in [2.24, 2.45) is 0 Å². The van der Waals surface area contributed by atoms with E-state index in [4.69, 9.17) is 14.1 Å². The zero-order valence-corrected chi connectivity index (χ0v) is 3.30. The Morgan fingerprint density at radius 3 is 1.22 bits per heavy atom. The van der Waals surface area contributed by atoms with Crippen LogP contribution in [0.4, 0.5) is 0 Å². The number of rotatable bonds is 0. The van der Waals surface area contributed by atoms with E-state index in [0.717, 1.165) is 0 Å². The molecule has 0 spiro atoms. The van der Waals surface area contributed by atoms with Gasteiger partial charge in [0.15, 0.2) is 17.4 Å². The van der Waals surface area contributed by atoms with Gasteiger partial charge in [-0.05, 0) is 0 Å². The summed E-state index contributed by atoms with van der Waals surface area (Å²) >= 11 is 0. The topological polar surface area (TPSA) is 89.0 Å². The summed E-state index contributed by atoms with van der Waals surface area (Å²) in [5.74, 6) is 0.